The molecule has 230 valence electrons. The van der Waals surface area contributed by atoms with Gasteiger partial charge in [0.15, 0.2) is 0 Å². The van der Waals surface area contributed by atoms with E-state index in [0.717, 1.165) is 26.6 Å². The molecule has 0 aromatic heterocycles. The lowest BCUT2D eigenvalue weighted by molar-refractivity contribution is -0.139. The number of halogens is 2. The highest BCUT2D eigenvalue weighted by Crippen LogP contribution is 2.30. The first-order valence-corrected chi connectivity index (χ1v) is 16.3. The van der Waals surface area contributed by atoms with Crippen LogP contribution >= 0.6 is 23.2 Å². The van der Waals surface area contributed by atoms with Crippen molar-refractivity contribution in [2.45, 2.75) is 44.7 Å². The molecule has 0 radical (unpaired) electrons. The molecule has 0 saturated carbocycles. The van der Waals surface area contributed by atoms with Crippen LogP contribution in [-0.4, -0.2) is 44.8 Å². The fourth-order valence-corrected chi connectivity index (χ4v) is 6.74. The molecule has 0 aliphatic carbocycles. The van der Waals surface area contributed by atoms with Crippen molar-refractivity contribution in [3.05, 3.63) is 129 Å². The molecule has 2 amide bonds. The van der Waals surface area contributed by atoms with Gasteiger partial charge in [0.2, 0.25) is 11.8 Å². The van der Waals surface area contributed by atoms with Crippen LogP contribution in [0.5, 0.6) is 0 Å². The van der Waals surface area contributed by atoms with E-state index in [-0.39, 0.29) is 17.9 Å². The van der Waals surface area contributed by atoms with Gasteiger partial charge < -0.3 is 10.2 Å². The lowest BCUT2D eigenvalue weighted by Crippen LogP contribution is -2.53. The third-order valence-corrected chi connectivity index (χ3v) is 10.1. The standard InChI is InChI=1S/C34H35Cl2N3O4S/c1-23-13-17-28(18-14-23)44(42,43)39(27-16-15-24(2)25(3)19-27)22-33(40)38(21-29-30(35)11-8-12-31(29)36)32(34(41)37-4)20-26-9-6-5-7-10-26/h5-19,32H,20-22H2,1-4H3,(H,37,41). The summed E-state index contributed by atoms with van der Waals surface area (Å²) in [7, 11) is -2.70. The number of nitrogens with one attached hydrogen (secondary N) is 1. The third-order valence-electron chi connectivity index (χ3n) is 7.57. The first-order chi connectivity index (χ1) is 20.9. The van der Waals surface area contributed by atoms with Gasteiger partial charge in [-0.25, -0.2) is 8.42 Å². The molecule has 0 fully saturated rings. The summed E-state index contributed by atoms with van der Waals surface area (Å²) in [5, 5.41) is 3.31. The highest BCUT2D eigenvalue weighted by molar-refractivity contribution is 7.92. The highest BCUT2D eigenvalue weighted by Gasteiger charge is 2.35. The van der Waals surface area contributed by atoms with Crippen LogP contribution in [0.15, 0.2) is 95.9 Å². The highest BCUT2D eigenvalue weighted by atomic mass is 35.5. The molecular weight excluding hydrogens is 617 g/mol. The molecule has 0 spiro atoms. The number of carbonyl (C=O) groups excluding carboxylic acids is 2. The zero-order valence-electron chi connectivity index (χ0n) is 25.1. The lowest BCUT2D eigenvalue weighted by atomic mass is 10.0. The summed E-state index contributed by atoms with van der Waals surface area (Å²) < 4.78 is 29.4. The molecule has 4 aromatic carbocycles. The fourth-order valence-electron chi connectivity index (χ4n) is 4.82. The average Bonchev–Trinajstić information content (AvgIpc) is 3.00. The summed E-state index contributed by atoms with van der Waals surface area (Å²) in [4.78, 5) is 29.3. The van der Waals surface area contributed by atoms with Crippen molar-refractivity contribution in [3.63, 3.8) is 0 Å². The van der Waals surface area contributed by atoms with Gasteiger partial charge in [0.1, 0.15) is 12.6 Å². The second kappa shape index (κ2) is 14.3. The number of aryl methyl sites for hydroxylation is 3. The number of hydrogen-bond donors (Lipinski definition) is 1. The predicted molar refractivity (Wildman–Crippen MR) is 177 cm³/mol. The number of carbonyl (C=O) groups is 2. The molecular formula is C34H35Cl2N3O4S. The van der Waals surface area contributed by atoms with E-state index in [1.54, 1.807) is 42.5 Å². The van der Waals surface area contributed by atoms with Gasteiger partial charge in [0.05, 0.1) is 10.6 Å². The summed E-state index contributed by atoms with van der Waals surface area (Å²) in [5.41, 5.74) is 4.34. The van der Waals surface area contributed by atoms with Gasteiger partial charge >= 0.3 is 0 Å². The predicted octanol–water partition coefficient (Wildman–Crippen LogP) is 6.50. The Bertz CT molecular complexity index is 1730. The van der Waals surface area contributed by atoms with Gasteiger partial charge in [-0.3, -0.25) is 13.9 Å². The monoisotopic (exact) mass is 651 g/mol. The summed E-state index contributed by atoms with van der Waals surface area (Å²) in [6.07, 6.45) is 0.183. The van der Waals surface area contributed by atoms with Crippen LogP contribution in [0.4, 0.5) is 5.69 Å². The molecule has 4 aromatic rings. The minimum atomic E-state index is -4.20. The van der Waals surface area contributed by atoms with E-state index >= 15 is 0 Å². The van der Waals surface area contributed by atoms with Gasteiger partial charge in [0, 0.05) is 35.6 Å². The number of nitrogens with zero attached hydrogens (tertiary/aromatic N) is 2. The average molecular weight is 653 g/mol. The van der Waals surface area contributed by atoms with Gasteiger partial charge in [-0.1, -0.05) is 83.4 Å². The van der Waals surface area contributed by atoms with E-state index in [0.29, 0.717) is 21.3 Å². The number of sulfonamides is 1. The molecule has 0 heterocycles. The van der Waals surface area contributed by atoms with Crippen molar-refractivity contribution in [2.75, 3.05) is 17.9 Å². The van der Waals surface area contributed by atoms with E-state index in [1.165, 1.54) is 24.1 Å². The third kappa shape index (κ3) is 7.62. The number of benzene rings is 4. The lowest BCUT2D eigenvalue weighted by Gasteiger charge is -2.34. The second-order valence-corrected chi connectivity index (χ2v) is 13.3. The van der Waals surface area contributed by atoms with Crippen molar-refractivity contribution >= 4 is 50.7 Å². The first-order valence-electron chi connectivity index (χ1n) is 14.1. The van der Waals surface area contributed by atoms with Crippen molar-refractivity contribution in [1.29, 1.82) is 0 Å². The maximum atomic E-state index is 14.4. The SMILES string of the molecule is CNC(=O)C(Cc1ccccc1)N(Cc1c(Cl)cccc1Cl)C(=O)CN(c1ccc(C)c(C)c1)S(=O)(=O)c1ccc(C)cc1. The van der Waals surface area contributed by atoms with Crippen LogP contribution in [0.1, 0.15) is 27.8 Å². The van der Waals surface area contributed by atoms with Gasteiger partial charge in [-0.05, 0) is 73.9 Å². The summed E-state index contributed by atoms with van der Waals surface area (Å²) >= 11 is 13.1. The van der Waals surface area contributed by atoms with Crippen LogP contribution in [0.3, 0.4) is 0 Å². The Morgan fingerprint density at radius 3 is 2.05 bits per heavy atom. The summed E-state index contributed by atoms with van der Waals surface area (Å²) in [6.45, 7) is 4.99. The summed E-state index contributed by atoms with van der Waals surface area (Å²) in [6, 6.07) is 25.0. The van der Waals surface area contributed by atoms with Gasteiger partial charge in [0.25, 0.3) is 10.0 Å². The van der Waals surface area contributed by atoms with Gasteiger partial charge in [-0.15, -0.1) is 0 Å². The van der Waals surface area contributed by atoms with E-state index in [4.69, 9.17) is 23.2 Å². The van der Waals surface area contributed by atoms with Crippen LogP contribution < -0.4 is 9.62 Å². The van der Waals surface area contributed by atoms with Crippen LogP contribution in [0.2, 0.25) is 10.0 Å². The number of anilines is 1. The number of rotatable bonds is 11. The van der Waals surface area contributed by atoms with Crippen molar-refractivity contribution in [3.8, 4) is 0 Å². The molecule has 0 saturated heterocycles. The molecule has 1 atom stereocenters. The van der Waals surface area contributed by atoms with Crippen LogP contribution in [0.25, 0.3) is 0 Å². The van der Waals surface area contributed by atoms with Gasteiger partial charge in [-0.2, -0.15) is 0 Å². The molecule has 0 bridgehead atoms. The van der Waals surface area contributed by atoms with Crippen molar-refractivity contribution in [2.24, 2.45) is 0 Å². The Kier molecular flexibility index (Phi) is 10.7. The number of hydrogen-bond acceptors (Lipinski definition) is 4. The smallest absolute Gasteiger partial charge is 0.264 e. The minimum Gasteiger partial charge on any atom is -0.357 e. The van der Waals surface area contributed by atoms with Crippen LogP contribution in [-0.2, 0) is 32.6 Å². The summed E-state index contributed by atoms with van der Waals surface area (Å²) in [5.74, 6) is -1.01. The number of amides is 2. The molecule has 0 aliphatic heterocycles. The van der Waals surface area contributed by atoms with E-state index in [2.05, 4.69) is 5.32 Å². The zero-order chi connectivity index (χ0) is 32.0. The fraction of sp³-hybridized carbons (Fsp3) is 0.235. The quantitative estimate of drug-likeness (QED) is 0.201. The topological polar surface area (TPSA) is 86.8 Å². The normalized spacial score (nSPS) is 12.0. The van der Waals surface area contributed by atoms with Crippen LogP contribution in [0, 0.1) is 20.8 Å². The van der Waals surface area contributed by atoms with Crippen molar-refractivity contribution in [1.82, 2.24) is 10.2 Å². The van der Waals surface area contributed by atoms with E-state index in [1.807, 2.05) is 57.2 Å². The molecule has 44 heavy (non-hydrogen) atoms. The van der Waals surface area contributed by atoms with Crippen molar-refractivity contribution < 1.29 is 18.0 Å². The maximum Gasteiger partial charge on any atom is 0.264 e. The van der Waals surface area contributed by atoms with E-state index < -0.39 is 34.4 Å². The molecule has 1 N–H and O–H groups in total. The number of likely N-dealkylation sites (N-methyl/N-ethyl adjacent to an activating group) is 1. The molecule has 10 heteroatoms. The zero-order valence-corrected chi connectivity index (χ0v) is 27.4. The molecule has 0 aliphatic rings. The minimum absolute atomic E-state index is 0.0435. The van der Waals surface area contributed by atoms with E-state index in [9.17, 15) is 18.0 Å². The maximum absolute atomic E-state index is 14.4. The Balaban J connectivity index is 1.84. The Morgan fingerprint density at radius 1 is 0.818 bits per heavy atom. The Hall–Kier alpha value is -3.85. The molecule has 7 nitrogen and oxygen atoms in total. The Morgan fingerprint density at radius 2 is 1.45 bits per heavy atom. The molecule has 1 unspecified atom stereocenters. The molecule has 4 rings (SSSR count). The second-order valence-electron chi connectivity index (χ2n) is 10.6. The largest absolute Gasteiger partial charge is 0.357 e. The first kappa shape index (κ1) is 33.1. The Labute approximate surface area is 269 Å².